The lowest BCUT2D eigenvalue weighted by atomic mass is 10.1. The first kappa shape index (κ1) is 13.5. The van der Waals surface area contributed by atoms with Crippen molar-refractivity contribution < 1.29 is 9.53 Å². The molecule has 4 nitrogen and oxygen atoms in total. The van der Waals surface area contributed by atoms with E-state index in [-0.39, 0.29) is 5.91 Å². The summed E-state index contributed by atoms with van der Waals surface area (Å²) in [5.74, 6) is 0.478. The van der Waals surface area contributed by atoms with Crippen LogP contribution in [0.5, 0.6) is 5.75 Å². The number of fused-ring (bicyclic) bond motifs is 1. The van der Waals surface area contributed by atoms with Gasteiger partial charge in [0.25, 0.3) is 5.91 Å². The summed E-state index contributed by atoms with van der Waals surface area (Å²) in [5, 5.41) is 12.1. The molecule has 21 heavy (non-hydrogen) atoms. The molecule has 0 bridgehead atoms. The molecular formula is C16H11ClN2O2. The standard InChI is InChI=1S/C16H11ClN2O2/c17-12-3-6-14-11(7-12)8-15(21-14)16(20)19-13-4-1-10(9-18)2-5-13/h1-7,15H,8H2,(H,19,20)/t15-/m0/s1. The summed E-state index contributed by atoms with van der Waals surface area (Å²) >= 11 is 5.93. The molecule has 1 atom stereocenters. The van der Waals surface area contributed by atoms with Gasteiger partial charge in [-0.15, -0.1) is 0 Å². The van der Waals surface area contributed by atoms with Crippen molar-refractivity contribution in [1.29, 1.82) is 5.26 Å². The highest BCUT2D eigenvalue weighted by Crippen LogP contribution is 2.31. The molecule has 0 spiro atoms. The molecule has 0 aliphatic carbocycles. The predicted molar refractivity (Wildman–Crippen MR) is 79.4 cm³/mol. The second kappa shape index (κ2) is 5.47. The molecule has 0 fully saturated rings. The van der Waals surface area contributed by atoms with Crippen LogP contribution in [0.25, 0.3) is 0 Å². The van der Waals surface area contributed by atoms with Crippen molar-refractivity contribution in [3.8, 4) is 11.8 Å². The van der Waals surface area contributed by atoms with Gasteiger partial charge < -0.3 is 10.1 Å². The fourth-order valence-electron chi connectivity index (χ4n) is 2.21. The number of halogens is 1. The Balaban J connectivity index is 1.68. The maximum Gasteiger partial charge on any atom is 0.265 e. The van der Waals surface area contributed by atoms with E-state index < -0.39 is 6.10 Å². The summed E-state index contributed by atoms with van der Waals surface area (Å²) in [6, 6.07) is 14.0. The molecular weight excluding hydrogens is 288 g/mol. The van der Waals surface area contributed by atoms with Gasteiger partial charge >= 0.3 is 0 Å². The van der Waals surface area contributed by atoms with Crippen LogP contribution in [-0.4, -0.2) is 12.0 Å². The predicted octanol–water partition coefficient (Wildman–Crippen LogP) is 3.15. The van der Waals surface area contributed by atoms with E-state index in [0.717, 1.165) is 5.56 Å². The zero-order valence-corrected chi connectivity index (χ0v) is 11.7. The van der Waals surface area contributed by atoms with Crippen LogP contribution in [0.1, 0.15) is 11.1 Å². The van der Waals surface area contributed by atoms with Gasteiger partial charge in [-0.2, -0.15) is 5.26 Å². The third kappa shape index (κ3) is 2.83. The Kier molecular flexibility index (Phi) is 3.51. The monoisotopic (exact) mass is 298 g/mol. The van der Waals surface area contributed by atoms with Crippen molar-refractivity contribution in [1.82, 2.24) is 0 Å². The Bertz CT molecular complexity index is 735. The van der Waals surface area contributed by atoms with Gasteiger partial charge in [-0.25, -0.2) is 0 Å². The fraction of sp³-hybridized carbons (Fsp3) is 0.125. The van der Waals surface area contributed by atoms with Gasteiger partial charge in [0.05, 0.1) is 11.6 Å². The molecule has 2 aromatic carbocycles. The second-order valence-electron chi connectivity index (χ2n) is 4.74. The van der Waals surface area contributed by atoms with E-state index in [1.54, 1.807) is 36.4 Å². The van der Waals surface area contributed by atoms with E-state index in [9.17, 15) is 4.79 Å². The van der Waals surface area contributed by atoms with Crippen molar-refractivity contribution >= 4 is 23.2 Å². The van der Waals surface area contributed by atoms with Gasteiger partial charge in [-0.05, 0) is 48.0 Å². The number of anilines is 1. The average Bonchev–Trinajstić information content (AvgIpc) is 2.91. The van der Waals surface area contributed by atoms with E-state index in [1.807, 2.05) is 12.1 Å². The lowest BCUT2D eigenvalue weighted by Crippen LogP contribution is -2.31. The highest BCUT2D eigenvalue weighted by molar-refractivity contribution is 6.30. The number of nitriles is 1. The lowest BCUT2D eigenvalue weighted by molar-refractivity contribution is -0.122. The molecule has 2 aromatic rings. The number of amides is 1. The molecule has 1 aliphatic rings. The maximum atomic E-state index is 12.2. The minimum absolute atomic E-state index is 0.216. The summed E-state index contributed by atoms with van der Waals surface area (Å²) in [5.41, 5.74) is 2.12. The van der Waals surface area contributed by atoms with E-state index >= 15 is 0 Å². The molecule has 0 saturated heterocycles. The van der Waals surface area contributed by atoms with Crippen LogP contribution in [0.2, 0.25) is 5.02 Å². The second-order valence-corrected chi connectivity index (χ2v) is 5.18. The smallest absolute Gasteiger partial charge is 0.265 e. The molecule has 1 heterocycles. The van der Waals surface area contributed by atoms with E-state index in [2.05, 4.69) is 5.32 Å². The summed E-state index contributed by atoms with van der Waals surface area (Å²) in [6.45, 7) is 0. The number of ether oxygens (including phenoxy) is 1. The first-order valence-corrected chi connectivity index (χ1v) is 6.79. The van der Waals surface area contributed by atoms with Crippen LogP contribution in [0, 0.1) is 11.3 Å². The van der Waals surface area contributed by atoms with Crippen LogP contribution >= 0.6 is 11.6 Å². The molecule has 1 aliphatic heterocycles. The summed E-state index contributed by atoms with van der Waals surface area (Å²) in [4.78, 5) is 12.2. The third-order valence-electron chi connectivity index (χ3n) is 3.27. The summed E-state index contributed by atoms with van der Waals surface area (Å²) in [6.07, 6.45) is -0.0630. The molecule has 3 rings (SSSR count). The van der Waals surface area contributed by atoms with Crippen LogP contribution in [0.4, 0.5) is 5.69 Å². The van der Waals surface area contributed by atoms with Gasteiger partial charge in [0.15, 0.2) is 6.10 Å². The Morgan fingerprint density at radius 2 is 2.05 bits per heavy atom. The number of carbonyl (C=O) groups is 1. The maximum absolute atomic E-state index is 12.2. The van der Waals surface area contributed by atoms with Crippen LogP contribution < -0.4 is 10.1 Å². The molecule has 104 valence electrons. The van der Waals surface area contributed by atoms with E-state index in [1.165, 1.54) is 0 Å². The molecule has 1 N–H and O–H groups in total. The fourth-order valence-corrected chi connectivity index (χ4v) is 2.41. The molecule has 0 radical (unpaired) electrons. The average molecular weight is 299 g/mol. The zero-order valence-electron chi connectivity index (χ0n) is 11.0. The quantitative estimate of drug-likeness (QED) is 0.926. The molecule has 0 unspecified atom stereocenters. The van der Waals surface area contributed by atoms with E-state index in [4.69, 9.17) is 21.6 Å². The molecule has 5 heteroatoms. The van der Waals surface area contributed by atoms with Crippen LogP contribution in [-0.2, 0) is 11.2 Å². The van der Waals surface area contributed by atoms with Crippen molar-refractivity contribution in [3.63, 3.8) is 0 Å². The Hall–Kier alpha value is -2.51. The number of rotatable bonds is 2. The Morgan fingerprint density at radius 3 is 2.76 bits per heavy atom. The number of hydrogen-bond donors (Lipinski definition) is 1. The third-order valence-corrected chi connectivity index (χ3v) is 3.51. The summed E-state index contributed by atoms with van der Waals surface area (Å²) in [7, 11) is 0. The first-order valence-electron chi connectivity index (χ1n) is 6.42. The number of carbonyl (C=O) groups excluding carboxylic acids is 1. The molecule has 0 saturated carbocycles. The van der Waals surface area contributed by atoms with Gasteiger partial charge in [0.1, 0.15) is 5.75 Å². The van der Waals surface area contributed by atoms with Crippen LogP contribution in [0.15, 0.2) is 42.5 Å². The highest BCUT2D eigenvalue weighted by Gasteiger charge is 2.29. The highest BCUT2D eigenvalue weighted by atomic mass is 35.5. The van der Waals surface area contributed by atoms with Crippen molar-refractivity contribution in [2.24, 2.45) is 0 Å². The lowest BCUT2D eigenvalue weighted by Gasteiger charge is -2.11. The largest absolute Gasteiger partial charge is 0.480 e. The van der Waals surface area contributed by atoms with Gasteiger partial charge in [0, 0.05) is 17.1 Å². The first-order chi connectivity index (χ1) is 10.2. The molecule has 1 amide bonds. The topological polar surface area (TPSA) is 62.1 Å². The minimum Gasteiger partial charge on any atom is -0.480 e. The van der Waals surface area contributed by atoms with Crippen molar-refractivity contribution in [3.05, 3.63) is 58.6 Å². The van der Waals surface area contributed by atoms with E-state index in [0.29, 0.717) is 28.4 Å². The number of nitrogens with zero attached hydrogens (tertiary/aromatic N) is 1. The zero-order chi connectivity index (χ0) is 14.8. The molecule has 0 aromatic heterocycles. The SMILES string of the molecule is N#Cc1ccc(NC(=O)[C@@H]2Cc3cc(Cl)ccc3O2)cc1. The van der Waals surface area contributed by atoms with Gasteiger partial charge in [-0.3, -0.25) is 4.79 Å². The van der Waals surface area contributed by atoms with Gasteiger partial charge in [0.2, 0.25) is 0 Å². The Labute approximate surface area is 126 Å². The number of hydrogen-bond acceptors (Lipinski definition) is 3. The normalized spacial score (nSPS) is 15.7. The number of benzene rings is 2. The minimum atomic E-state index is -0.561. The number of nitrogens with one attached hydrogen (secondary N) is 1. The van der Waals surface area contributed by atoms with Gasteiger partial charge in [-0.1, -0.05) is 11.6 Å². The van der Waals surface area contributed by atoms with Crippen LogP contribution in [0.3, 0.4) is 0 Å². The Morgan fingerprint density at radius 1 is 1.29 bits per heavy atom. The van der Waals surface area contributed by atoms with Crippen molar-refractivity contribution in [2.45, 2.75) is 12.5 Å². The summed E-state index contributed by atoms with van der Waals surface area (Å²) < 4.78 is 5.62. The van der Waals surface area contributed by atoms with Crippen molar-refractivity contribution in [2.75, 3.05) is 5.32 Å².